The molecule has 128 valence electrons. The van der Waals surface area contributed by atoms with Crippen LogP contribution in [0, 0.1) is 5.92 Å². The van der Waals surface area contributed by atoms with Crippen molar-refractivity contribution in [3.63, 3.8) is 0 Å². The Morgan fingerprint density at radius 1 is 1.17 bits per heavy atom. The van der Waals surface area contributed by atoms with Gasteiger partial charge in [0.25, 0.3) is 0 Å². The fourth-order valence-corrected chi connectivity index (χ4v) is 3.39. The molecule has 1 aromatic carbocycles. The summed E-state index contributed by atoms with van der Waals surface area (Å²) in [5, 5.41) is 0. The first kappa shape index (κ1) is 17.9. The average molecular weight is 340 g/mol. The van der Waals surface area contributed by atoms with Gasteiger partial charge in [-0.2, -0.15) is 0 Å². The fourth-order valence-electron chi connectivity index (χ4n) is 3.39. The van der Waals surface area contributed by atoms with Crippen molar-refractivity contribution in [3.05, 3.63) is 23.8 Å². The molecule has 1 unspecified atom stereocenters. The molecule has 2 heterocycles. The summed E-state index contributed by atoms with van der Waals surface area (Å²) in [7, 11) is 0. The number of amides is 1. The predicted octanol–water partition coefficient (Wildman–Crippen LogP) is 3.81. The number of carbonyl (C=O) groups is 1. The van der Waals surface area contributed by atoms with Gasteiger partial charge in [-0.05, 0) is 49.8 Å². The minimum Gasteiger partial charge on any atom is -0.454 e. The van der Waals surface area contributed by atoms with Crippen LogP contribution in [0.15, 0.2) is 18.2 Å². The lowest BCUT2D eigenvalue weighted by molar-refractivity contribution is -0.136. The number of halogens is 1. The number of fused-ring (bicyclic) bond motifs is 1. The number of nitrogens with zero attached hydrogens (tertiary/aromatic N) is 1. The first-order chi connectivity index (χ1) is 10.8. The van der Waals surface area contributed by atoms with Gasteiger partial charge in [-0.1, -0.05) is 19.4 Å². The zero-order valence-corrected chi connectivity index (χ0v) is 14.6. The third-order valence-corrected chi connectivity index (χ3v) is 4.57. The molecule has 0 radical (unpaired) electrons. The van der Waals surface area contributed by atoms with E-state index in [0.717, 1.165) is 62.3 Å². The Morgan fingerprint density at radius 2 is 1.91 bits per heavy atom. The second-order valence-electron chi connectivity index (χ2n) is 6.26. The highest BCUT2D eigenvalue weighted by Crippen LogP contribution is 2.33. The molecule has 23 heavy (non-hydrogen) atoms. The second kappa shape index (κ2) is 8.44. The third kappa shape index (κ3) is 4.31. The van der Waals surface area contributed by atoms with Gasteiger partial charge in [0.1, 0.15) is 0 Å². The quantitative estimate of drug-likeness (QED) is 0.818. The van der Waals surface area contributed by atoms with Crippen molar-refractivity contribution >= 4 is 18.3 Å². The van der Waals surface area contributed by atoms with Gasteiger partial charge in [-0.15, -0.1) is 12.4 Å². The van der Waals surface area contributed by atoms with Gasteiger partial charge in [0.05, 0.1) is 0 Å². The monoisotopic (exact) mass is 339 g/mol. The zero-order chi connectivity index (χ0) is 15.4. The minimum absolute atomic E-state index is 0. The SMILES string of the molecule is CCCC(Cc1ccc2c(c1)OCO2)C(=O)N1CCCCC1.Cl. The smallest absolute Gasteiger partial charge is 0.231 e. The molecular weight excluding hydrogens is 314 g/mol. The molecule has 0 saturated carbocycles. The second-order valence-corrected chi connectivity index (χ2v) is 6.26. The number of ether oxygens (including phenoxy) is 2. The highest BCUT2D eigenvalue weighted by molar-refractivity contribution is 5.85. The van der Waals surface area contributed by atoms with Crippen LogP contribution in [0.25, 0.3) is 0 Å². The van der Waals surface area contributed by atoms with E-state index in [1.165, 1.54) is 6.42 Å². The highest BCUT2D eigenvalue weighted by Gasteiger charge is 2.25. The summed E-state index contributed by atoms with van der Waals surface area (Å²) in [6.07, 6.45) is 6.33. The largest absolute Gasteiger partial charge is 0.454 e. The van der Waals surface area contributed by atoms with Gasteiger partial charge in [-0.3, -0.25) is 4.79 Å². The molecule has 0 bridgehead atoms. The average Bonchev–Trinajstić information content (AvgIpc) is 3.02. The van der Waals surface area contributed by atoms with E-state index in [9.17, 15) is 4.79 Å². The van der Waals surface area contributed by atoms with Crippen LogP contribution < -0.4 is 9.47 Å². The Balaban J connectivity index is 0.00000192. The maximum absolute atomic E-state index is 12.8. The molecule has 0 aliphatic carbocycles. The van der Waals surface area contributed by atoms with Crippen molar-refractivity contribution in [3.8, 4) is 11.5 Å². The van der Waals surface area contributed by atoms with Gasteiger partial charge in [0.15, 0.2) is 11.5 Å². The van der Waals surface area contributed by atoms with Gasteiger partial charge < -0.3 is 14.4 Å². The standard InChI is InChI=1S/C18H25NO3.ClH/c1-2-6-15(18(20)19-9-4-3-5-10-19)11-14-7-8-16-17(12-14)22-13-21-16;/h7-8,12,15H,2-6,9-11,13H2,1H3;1H. The lowest BCUT2D eigenvalue weighted by Crippen LogP contribution is -2.40. The molecule has 2 aliphatic heterocycles. The van der Waals surface area contributed by atoms with E-state index in [1.54, 1.807) is 0 Å². The maximum Gasteiger partial charge on any atom is 0.231 e. The Labute approximate surface area is 144 Å². The Bertz CT molecular complexity index is 529. The number of carbonyl (C=O) groups excluding carboxylic acids is 1. The van der Waals surface area contributed by atoms with E-state index in [0.29, 0.717) is 12.7 Å². The molecule has 1 aromatic rings. The molecule has 5 heteroatoms. The highest BCUT2D eigenvalue weighted by atomic mass is 35.5. The number of rotatable bonds is 5. The summed E-state index contributed by atoms with van der Waals surface area (Å²) in [6.45, 7) is 4.31. The summed E-state index contributed by atoms with van der Waals surface area (Å²) in [5.41, 5.74) is 1.16. The van der Waals surface area contributed by atoms with Crippen LogP contribution in [0.4, 0.5) is 0 Å². The first-order valence-corrected chi connectivity index (χ1v) is 8.45. The van der Waals surface area contributed by atoms with Crippen LogP contribution >= 0.6 is 12.4 Å². The van der Waals surface area contributed by atoms with Gasteiger partial charge in [-0.25, -0.2) is 0 Å². The summed E-state index contributed by atoms with van der Waals surface area (Å²) in [4.78, 5) is 14.9. The number of benzene rings is 1. The molecule has 0 aromatic heterocycles. The maximum atomic E-state index is 12.8. The number of hydrogen-bond acceptors (Lipinski definition) is 3. The number of likely N-dealkylation sites (tertiary alicyclic amines) is 1. The molecule has 4 nitrogen and oxygen atoms in total. The van der Waals surface area contributed by atoms with E-state index in [1.807, 2.05) is 12.1 Å². The van der Waals surface area contributed by atoms with Crippen molar-refractivity contribution < 1.29 is 14.3 Å². The topological polar surface area (TPSA) is 38.8 Å². The van der Waals surface area contributed by atoms with Gasteiger partial charge >= 0.3 is 0 Å². The zero-order valence-electron chi connectivity index (χ0n) is 13.8. The Hall–Kier alpha value is -1.42. The molecule has 2 aliphatic rings. The van der Waals surface area contributed by atoms with Crippen LogP contribution in [0.5, 0.6) is 11.5 Å². The van der Waals surface area contributed by atoms with Crippen LogP contribution in [0.3, 0.4) is 0 Å². The molecule has 1 atom stereocenters. The lowest BCUT2D eigenvalue weighted by Gasteiger charge is -2.30. The third-order valence-electron chi connectivity index (χ3n) is 4.57. The summed E-state index contributed by atoms with van der Waals surface area (Å²) in [6, 6.07) is 6.03. The first-order valence-electron chi connectivity index (χ1n) is 8.45. The van der Waals surface area contributed by atoms with E-state index in [4.69, 9.17) is 9.47 Å². The predicted molar refractivity (Wildman–Crippen MR) is 92.3 cm³/mol. The van der Waals surface area contributed by atoms with Crippen molar-refractivity contribution in [2.75, 3.05) is 19.9 Å². The molecule has 1 saturated heterocycles. The van der Waals surface area contributed by atoms with Gasteiger partial charge in [0, 0.05) is 19.0 Å². The summed E-state index contributed by atoms with van der Waals surface area (Å²) < 4.78 is 10.8. The normalized spacial score (nSPS) is 17.5. The van der Waals surface area contributed by atoms with Crippen LogP contribution in [0.2, 0.25) is 0 Å². The van der Waals surface area contributed by atoms with E-state index in [-0.39, 0.29) is 18.3 Å². The van der Waals surface area contributed by atoms with Crippen LogP contribution in [-0.4, -0.2) is 30.7 Å². The molecular formula is C18H26ClNO3. The van der Waals surface area contributed by atoms with E-state index >= 15 is 0 Å². The van der Waals surface area contributed by atoms with Gasteiger partial charge in [0.2, 0.25) is 12.7 Å². The van der Waals surface area contributed by atoms with E-state index in [2.05, 4.69) is 17.9 Å². The van der Waals surface area contributed by atoms with Crippen molar-refractivity contribution in [2.45, 2.75) is 45.4 Å². The summed E-state index contributed by atoms with van der Waals surface area (Å²) >= 11 is 0. The molecule has 0 N–H and O–H groups in total. The van der Waals surface area contributed by atoms with Crippen LogP contribution in [0.1, 0.15) is 44.6 Å². The summed E-state index contributed by atoms with van der Waals surface area (Å²) in [5.74, 6) is 2.03. The molecule has 3 rings (SSSR count). The van der Waals surface area contributed by atoms with Crippen LogP contribution in [-0.2, 0) is 11.2 Å². The fraction of sp³-hybridized carbons (Fsp3) is 0.611. The Kier molecular flexibility index (Phi) is 6.58. The van der Waals surface area contributed by atoms with E-state index < -0.39 is 0 Å². The molecule has 1 fully saturated rings. The minimum atomic E-state index is 0. The number of piperidine rings is 1. The number of hydrogen-bond donors (Lipinski definition) is 0. The van der Waals surface area contributed by atoms with Crippen molar-refractivity contribution in [1.82, 2.24) is 4.90 Å². The lowest BCUT2D eigenvalue weighted by atomic mass is 9.92. The Morgan fingerprint density at radius 3 is 2.65 bits per heavy atom. The molecule has 1 amide bonds. The molecule has 0 spiro atoms. The van der Waals surface area contributed by atoms with Crippen molar-refractivity contribution in [1.29, 1.82) is 0 Å². The van der Waals surface area contributed by atoms with Crippen molar-refractivity contribution in [2.24, 2.45) is 5.92 Å².